The quantitative estimate of drug-likeness (QED) is 0.653. The number of fused-ring (bicyclic) bond motifs is 1. The zero-order valence-electron chi connectivity index (χ0n) is 17.1. The van der Waals surface area contributed by atoms with E-state index in [9.17, 15) is 9.18 Å². The lowest BCUT2D eigenvalue weighted by atomic mass is 9.98. The average Bonchev–Trinajstić information content (AvgIpc) is 3.19. The van der Waals surface area contributed by atoms with E-state index < -0.39 is 5.82 Å². The third kappa shape index (κ3) is 4.54. The summed E-state index contributed by atoms with van der Waals surface area (Å²) in [6.45, 7) is 2.01. The molecule has 1 unspecified atom stereocenters. The molecule has 1 atom stereocenters. The lowest BCUT2D eigenvalue weighted by Crippen LogP contribution is -2.42. The number of halogens is 1. The van der Waals surface area contributed by atoms with Crippen LogP contribution in [0.4, 0.5) is 4.39 Å². The molecular weight excluding hydrogens is 381 g/mol. The van der Waals surface area contributed by atoms with Gasteiger partial charge in [0.15, 0.2) is 18.2 Å². The van der Waals surface area contributed by atoms with Gasteiger partial charge in [0.25, 0.3) is 5.91 Å². The number of aromatic nitrogens is 1. The van der Waals surface area contributed by atoms with E-state index in [2.05, 4.69) is 45.1 Å². The van der Waals surface area contributed by atoms with E-state index in [1.165, 1.54) is 23.3 Å². The highest BCUT2D eigenvalue weighted by Crippen LogP contribution is 2.27. The number of hydrogen-bond acceptors (Lipinski definition) is 3. The van der Waals surface area contributed by atoms with Gasteiger partial charge in [-0.05, 0) is 41.8 Å². The molecule has 0 spiro atoms. The van der Waals surface area contributed by atoms with Gasteiger partial charge >= 0.3 is 0 Å². The number of nitrogens with one attached hydrogen (secondary N) is 1. The molecule has 0 bridgehead atoms. The van der Waals surface area contributed by atoms with Crippen molar-refractivity contribution in [2.75, 3.05) is 19.7 Å². The van der Waals surface area contributed by atoms with Crippen LogP contribution >= 0.6 is 0 Å². The maximum Gasteiger partial charge on any atom is 0.258 e. The summed E-state index contributed by atoms with van der Waals surface area (Å²) in [4.78, 5) is 14.8. The summed E-state index contributed by atoms with van der Waals surface area (Å²) in [5.74, 6) is -0.659. The van der Waals surface area contributed by atoms with Gasteiger partial charge in [0.2, 0.25) is 0 Å². The molecule has 3 aromatic rings. The van der Waals surface area contributed by atoms with E-state index >= 15 is 0 Å². The fraction of sp³-hybridized carbons (Fsp3) is 0.292. The van der Waals surface area contributed by atoms with Crippen molar-refractivity contribution >= 4 is 5.91 Å². The first-order valence-electron chi connectivity index (χ1n) is 10.2. The fourth-order valence-corrected chi connectivity index (χ4v) is 3.99. The highest BCUT2D eigenvalue weighted by atomic mass is 19.1. The Morgan fingerprint density at radius 1 is 1.10 bits per heavy atom. The minimum Gasteiger partial charge on any atom is -0.481 e. The van der Waals surface area contributed by atoms with Gasteiger partial charge in [0, 0.05) is 38.6 Å². The summed E-state index contributed by atoms with van der Waals surface area (Å²) in [5.41, 5.74) is 3.86. The summed E-state index contributed by atoms with van der Waals surface area (Å²) in [5, 5.41) is 2.97. The molecule has 0 fully saturated rings. The average molecular weight is 407 g/mol. The van der Waals surface area contributed by atoms with Gasteiger partial charge in [-0.15, -0.1) is 0 Å². The molecule has 6 heteroatoms. The van der Waals surface area contributed by atoms with E-state index in [1.807, 2.05) is 19.3 Å². The van der Waals surface area contributed by atoms with Crippen molar-refractivity contribution < 1.29 is 13.9 Å². The molecule has 4 rings (SSSR count). The Morgan fingerprint density at radius 3 is 2.63 bits per heavy atom. The normalized spacial score (nSPS) is 14.7. The first-order valence-corrected chi connectivity index (χ1v) is 10.2. The summed E-state index contributed by atoms with van der Waals surface area (Å²) >= 11 is 0. The van der Waals surface area contributed by atoms with Crippen molar-refractivity contribution in [3.63, 3.8) is 0 Å². The van der Waals surface area contributed by atoms with E-state index in [0.717, 1.165) is 25.2 Å². The van der Waals surface area contributed by atoms with Crippen LogP contribution in [0.5, 0.6) is 5.75 Å². The highest BCUT2D eigenvalue weighted by molar-refractivity contribution is 5.77. The van der Waals surface area contributed by atoms with Crippen molar-refractivity contribution in [2.24, 2.45) is 7.05 Å². The van der Waals surface area contributed by atoms with E-state index in [1.54, 1.807) is 12.1 Å². The number of benzene rings is 2. The fourth-order valence-electron chi connectivity index (χ4n) is 3.99. The zero-order chi connectivity index (χ0) is 20.9. The molecule has 5 nitrogen and oxygen atoms in total. The van der Waals surface area contributed by atoms with E-state index in [4.69, 9.17) is 4.74 Å². The Morgan fingerprint density at radius 2 is 1.87 bits per heavy atom. The van der Waals surface area contributed by atoms with Crippen molar-refractivity contribution in [1.82, 2.24) is 14.8 Å². The number of para-hydroxylation sites is 1. The predicted molar refractivity (Wildman–Crippen MR) is 114 cm³/mol. The lowest BCUT2D eigenvalue weighted by molar-refractivity contribution is -0.123. The van der Waals surface area contributed by atoms with Crippen LogP contribution in [-0.2, 0) is 24.8 Å². The highest BCUT2D eigenvalue weighted by Gasteiger charge is 2.26. The molecule has 1 N–H and O–H groups in total. The topological polar surface area (TPSA) is 46.5 Å². The second-order valence-corrected chi connectivity index (χ2v) is 7.57. The number of nitrogens with zero attached hydrogens (tertiary/aromatic N) is 2. The lowest BCUT2D eigenvalue weighted by Gasteiger charge is -2.36. The molecule has 2 heterocycles. The van der Waals surface area contributed by atoms with Crippen molar-refractivity contribution in [3.8, 4) is 5.75 Å². The molecule has 0 aliphatic carbocycles. The number of carbonyl (C=O) groups excluding carboxylic acids is 1. The van der Waals surface area contributed by atoms with Crippen LogP contribution in [0.2, 0.25) is 0 Å². The SMILES string of the molecule is Cn1cccc1C(CNC(=O)COc1ccccc1F)N1CCc2ccccc2C1. The first-order chi connectivity index (χ1) is 14.6. The van der Waals surface area contributed by atoms with Gasteiger partial charge in [-0.3, -0.25) is 9.69 Å². The van der Waals surface area contributed by atoms with Gasteiger partial charge < -0.3 is 14.6 Å². The Bertz CT molecular complexity index is 1020. The summed E-state index contributed by atoms with van der Waals surface area (Å²) in [7, 11) is 2.02. The first kappa shape index (κ1) is 20.2. The van der Waals surface area contributed by atoms with Gasteiger partial charge in [-0.25, -0.2) is 4.39 Å². The largest absolute Gasteiger partial charge is 0.481 e. The van der Waals surface area contributed by atoms with E-state index in [0.29, 0.717) is 6.54 Å². The molecule has 0 radical (unpaired) electrons. The molecule has 1 aliphatic heterocycles. The molecule has 1 aromatic heterocycles. The predicted octanol–water partition coefficient (Wildman–Crippen LogP) is 3.46. The summed E-state index contributed by atoms with van der Waals surface area (Å²) in [6, 6.07) is 18.7. The zero-order valence-corrected chi connectivity index (χ0v) is 17.1. The Labute approximate surface area is 176 Å². The minimum absolute atomic E-state index is 0.0377. The van der Waals surface area contributed by atoms with Crippen molar-refractivity contribution in [3.05, 3.63) is 89.5 Å². The molecular formula is C24H26FN3O2. The van der Waals surface area contributed by atoms with Crippen LogP contribution in [0, 0.1) is 5.82 Å². The van der Waals surface area contributed by atoms with Crippen molar-refractivity contribution in [2.45, 2.75) is 19.0 Å². The number of ether oxygens (including phenoxy) is 1. The number of carbonyl (C=O) groups is 1. The standard InChI is InChI=1S/C24H26FN3O2/c1-27-13-6-10-21(27)22(28-14-12-18-7-2-3-8-19(18)16-28)15-26-24(29)17-30-23-11-5-4-9-20(23)25/h2-11,13,22H,12,14-17H2,1H3,(H,26,29). The maximum atomic E-state index is 13.7. The number of amides is 1. The monoisotopic (exact) mass is 407 g/mol. The second-order valence-electron chi connectivity index (χ2n) is 7.57. The maximum absolute atomic E-state index is 13.7. The van der Waals surface area contributed by atoms with Crippen LogP contribution in [0.25, 0.3) is 0 Å². The Kier molecular flexibility index (Phi) is 6.14. The Hall–Kier alpha value is -3.12. The molecule has 156 valence electrons. The summed E-state index contributed by atoms with van der Waals surface area (Å²) < 4.78 is 21.1. The minimum atomic E-state index is -0.473. The van der Waals surface area contributed by atoms with Crippen LogP contribution in [0.15, 0.2) is 66.9 Å². The number of aryl methyl sites for hydroxylation is 1. The number of rotatable bonds is 7. The molecule has 1 amide bonds. The number of hydrogen-bond donors (Lipinski definition) is 1. The van der Waals surface area contributed by atoms with Gasteiger partial charge in [0.1, 0.15) is 0 Å². The molecule has 1 aliphatic rings. The molecule has 0 saturated carbocycles. The van der Waals surface area contributed by atoms with Gasteiger partial charge in [-0.1, -0.05) is 36.4 Å². The third-order valence-corrected chi connectivity index (χ3v) is 5.61. The van der Waals surface area contributed by atoms with Gasteiger partial charge in [0.05, 0.1) is 6.04 Å². The molecule has 30 heavy (non-hydrogen) atoms. The molecule has 0 saturated heterocycles. The Balaban J connectivity index is 1.42. The van der Waals surface area contributed by atoms with Crippen LogP contribution < -0.4 is 10.1 Å². The second kappa shape index (κ2) is 9.13. The van der Waals surface area contributed by atoms with Crippen LogP contribution in [0.1, 0.15) is 22.9 Å². The van der Waals surface area contributed by atoms with Crippen LogP contribution in [-0.4, -0.2) is 35.1 Å². The smallest absolute Gasteiger partial charge is 0.258 e. The molecule has 2 aromatic carbocycles. The third-order valence-electron chi connectivity index (χ3n) is 5.61. The van der Waals surface area contributed by atoms with Gasteiger partial charge in [-0.2, -0.15) is 0 Å². The van der Waals surface area contributed by atoms with Crippen molar-refractivity contribution in [1.29, 1.82) is 0 Å². The van der Waals surface area contributed by atoms with Crippen LogP contribution in [0.3, 0.4) is 0 Å². The van der Waals surface area contributed by atoms with E-state index in [-0.39, 0.29) is 24.3 Å². The summed E-state index contributed by atoms with van der Waals surface area (Å²) in [6.07, 6.45) is 3.00.